The molecule has 0 atom stereocenters. The lowest BCUT2D eigenvalue weighted by Gasteiger charge is -2.17. The lowest BCUT2D eigenvalue weighted by atomic mass is 10.1. The molecule has 1 heterocycles. The molecule has 2 aromatic carbocycles. The molecule has 0 bridgehead atoms. The van der Waals surface area contributed by atoms with Crippen molar-refractivity contribution < 1.29 is 34.3 Å². The highest BCUT2D eigenvalue weighted by Gasteiger charge is 2.20. The summed E-state index contributed by atoms with van der Waals surface area (Å²) < 4.78 is 15.2. The first-order valence-electron chi connectivity index (χ1n) is 7.03. The number of rotatable bonds is 3. The number of benzene rings is 2. The van der Waals surface area contributed by atoms with Crippen molar-refractivity contribution in [2.24, 2.45) is 0 Å². The normalized spacial score (nSPS) is 10.8. The molecule has 1 aromatic heterocycles. The van der Waals surface area contributed by atoms with Gasteiger partial charge in [-0.25, -0.2) is 0 Å². The molecular formula is C17H13O8-. The van der Waals surface area contributed by atoms with Crippen molar-refractivity contribution in [3.05, 3.63) is 34.5 Å². The average Bonchev–Trinajstić information content (AvgIpc) is 2.58. The Bertz CT molecular complexity index is 1040. The van der Waals surface area contributed by atoms with Gasteiger partial charge in [0.2, 0.25) is 11.2 Å². The van der Waals surface area contributed by atoms with E-state index in [1.54, 1.807) is 0 Å². The number of ether oxygens (including phenoxy) is 2. The van der Waals surface area contributed by atoms with Gasteiger partial charge in [0.15, 0.2) is 28.8 Å². The Labute approximate surface area is 140 Å². The van der Waals surface area contributed by atoms with Gasteiger partial charge in [-0.2, -0.15) is 0 Å². The van der Waals surface area contributed by atoms with E-state index >= 15 is 0 Å². The summed E-state index contributed by atoms with van der Waals surface area (Å²) in [6.07, 6.45) is 0. The third-order valence-corrected chi connectivity index (χ3v) is 3.70. The van der Waals surface area contributed by atoms with Crippen molar-refractivity contribution in [3.8, 4) is 45.8 Å². The van der Waals surface area contributed by atoms with Gasteiger partial charge in [0.25, 0.3) is 0 Å². The van der Waals surface area contributed by atoms with Gasteiger partial charge in [0, 0.05) is 11.6 Å². The Morgan fingerprint density at radius 3 is 2.40 bits per heavy atom. The summed E-state index contributed by atoms with van der Waals surface area (Å²) in [5, 5.41) is 41.4. The van der Waals surface area contributed by atoms with E-state index in [4.69, 9.17) is 13.9 Å². The van der Waals surface area contributed by atoms with Gasteiger partial charge in [0.1, 0.15) is 5.58 Å². The van der Waals surface area contributed by atoms with Gasteiger partial charge in [-0.1, -0.05) is 0 Å². The molecule has 0 fully saturated rings. The van der Waals surface area contributed by atoms with Crippen LogP contribution in [0.3, 0.4) is 0 Å². The fourth-order valence-corrected chi connectivity index (χ4v) is 2.49. The fraction of sp³-hybridized carbons (Fsp3) is 0.118. The second kappa shape index (κ2) is 5.82. The van der Waals surface area contributed by atoms with E-state index in [9.17, 15) is 25.2 Å². The molecule has 3 N–H and O–H groups in total. The van der Waals surface area contributed by atoms with E-state index in [2.05, 4.69) is 0 Å². The lowest BCUT2D eigenvalue weighted by Crippen LogP contribution is -2.08. The van der Waals surface area contributed by atoms with Crippen molar-refractivity contribution in [2.45, 2.75) is 0 Å². The Morgan fingerprint density at radius 1 is 1.04 bits per heavy atom. The third-order valence-electron chi connectivity index (χ3n) is 3.70. The number of hydrogen-bond acceptors (Lipinski definition) is 8. The number of phenols is 2. The number of aromatic hydroxyl groups is 3. The molecule has 0 amide bonds. The lowest BCUT2D eigenvalue weighted by molar-refractivity contribution is -0.267. The van der Waals surface area contributed by atoms with Crippen molar-refractivity contribution in [3.63, 3.8) is 0 Å². The van der Waals surface area contributed by atoms with Crippen LogP contribution in [-0.2, 0) is 0 Å². The Balaban J connectivity index is 2.36. The van der Waals surface area contributed by atoms with Crippen LogP contribution in [0.4, 0.5) is 0 Å². The number of methoxy groups -OCH3 is 2. The Kier molecular flexibility index (Phi) is 3.80. The van der Waals surface area contributed by atoms with E-state index in [0.29, 0.717) is 0 Å². The van der Waals surface area contributed by atoms with Gasteiger partial charge in [-0.05, 0) is 23.9 Å². The average molecular weight is 345 g/mol. The van der Waals surface area contributed by atoms with E-state index in [1.165, 1.54) is 32.4 Å². The Morgan fingerprint density at radius 2 is 1.76 bits per heavy atom. The monoisotopic (exact) mass is 345 g/mol. The van der Waals surface area contributed by atoms with Gasteiger partial charge in [-0.3, -0.25) is 4.79 Å². The maximum Gasteiger partial charge on any atom is 0.234 e. The molecule has 0 spiro atoms. The molecule has 8 nitrogen and oxygen atoms in total. The summed E-state index contributed by atoms with van der Waals surface area (Å²) in [7, 11) is 2.50. The summed E-state index contributed by atoms with van der Waals surface area (Å²) >= 11 is 0. The predicted octanol–water partition coefficient (Wildman–Crippen LogP) is 1.67. The number of phenolic OH excluding ortho intramolecular Hbond substituents is 2. The van der Waals surface area contributed by atoms with Crippen LogP contribution in [0, 0.1) is 0 Å². The van der Waals surface area contributed by atoms with Crippen LogP contribution in [0.1, 0.15) is 0 Å². The standard InChI is InChI=1S/C17H14O8/c1-23-10-5-7(3-4-8(10)18)16-15(22)13(20)12-11(25-16)6-9(19)17(24-2)14(12)21/h3-6,18-19,21-22H,1-2H3/p-1. The van der Waals surface area contributed by atoms with E-state index in [-0.39, 0.29) is 28.4 Å². The zero-order valence-electron chi connectivity index (χ0n) is 13.2. The summed E-state index contributed by atoms with van der Waals surface area (Å²) in [4.78, 5) is 12.4. The smallest absolute Gasteiger partial charge is 0.234 e. The maximum atomic E-state index is 12.4. The minimum Gasteiger partial charge on any atom is -0.869 e. The molecule has 0 saturated carbocycles. The van der Waals surface area contributed by atoms with E-state index < -0.39 is 33.8 Å². The van der Waals surface area contributed by atoms with Crippen LogP contribution < -0.4 is 20.0 Å². The second-order valence-electron chi connectivity index (χ2n) is 5.13. The molecule has 130 valence electrons. The minimum atomic E-state index is -0.966. The predicted molar refractivity (Wildman–Crippen MR) is 85.5 cm³/mol. The topological polar surface area (TPSA) is 132 Å². The zero-order chi connectivity index (χ0) is 18.3. The van der Waals surface area contributed by atoms with Crippen LogP contribution in [0.2, 0.25) is 0 Å². The first-order valence-corrected chi connectivity index (χ1v) is 7.03. The summed E-state index contributed by atoms with van der Waals surface area (Å²) in [6, 6.07) is 5.09. The first-order chi connectivity index (χ1) is 11.9. The molecule has 0 unspecified atom stereocenters. The van der Waals surface area contributed by atoms with Gasteiger partial charge in [0.05, 0.1) is 19.6 Å². The highest BCUT2D eigenvalue weighted by atomic mass is 16.5. The number of hydrogen-bond donors (Lipinski definition) is 3. The quantitative estimate of drug-likeness (QED) is 0.653. The van der Waals surface area contributed by atoms with Gasteiger partial charge in [-0.15, -0.1) is 0 Å². The van der Waals surface area contributed by atoms with Crippen molar-refractivity contribution in [1.82, 2.24) is 0 Å². The molecular weight excluding hydrogens is 332 g/mol. The van der Waals surface area contributed by atoms with Gasteiger partial charge >= 0.3 is 0 Å². The largest absolute Gasteiger partial charge is 0.869 e. The van der Waals surface area contributed by atoms with Crippen LogP contribution in [0.15, 0.2) is 33.5 Å². The molecule has 0 saturated heterocycles. The van der Waals surface area contributed by atoms with Crippen LogP contribution in [0.5, 0.6) is 34.5 Å². The molecule has 0 radical (unpaired) electrons. The molecule has 25 heavy (non-hydrogen) atoms. The third kappa shape index (κ3) is 2.44. The Hall–Kier alpha value is -3.55. The second-order valence-corrected chi connectivity index (χ2v) is 5.13. The highest BCUT2D eigenvalue weighted by Crippen LogP contribution is 2.42. The molecule has 8 heteroatoms. The highest BCUT2D eigenvalue weighted by molar-refractivity contribution is 5.90. The van der Waals surface area contributed by atoms with Crippen molar-refractivity contribution in [1.29, 1.82) is 0 Å². The van der Waals surface area contributed by atoms with Crippen LogP contribution >= 0.6 is 0 Å². The van der Waals surface area contributed by atoms with E-state index in [0.717, 1.165) is 6.07 Å². The zero-order valence-corrected chi connectivity index (χ0v) is 13.2. The first kappa shape index (κ1) is 16.3. The minimum absolute atomic E-state index is 0.0988. The molecule has 0 aliphatic rings. The van der Waals surface area contributed by atoms with E-state index in [1.807, 2.05) is 0 Å². The van der Waals surface area contributed by atoms with Crippen LogP contribution in [0.25, 0.3) is 22.3 Å². The summed E-state index contributed by atoms with van der Waals surface area (Å²) in [5.41, 5.74) is -0.950. The molecule has 3 aromatic rings. The summed E-state index contributed by atoms with van der Waals surface area (Å²) in [6.45, 7) is 0. The SMILES string of the molecule is COc1cc(-c2oc3cc(O)c(OC)c([O-])c3c(=O)c2O)ccc1O. The summed E-state index contributed by atoms with van der Waals surface area (Å²) in [5.74, 6) is -2.87. The molecule has 0 aliphatic carbocycles. The molecule has 0 aliphatic heterocycles. The van der Waals surface area contributed by atoms with Crippen molar-refractivity contribution in [2.75, 3.05) is 14.2 Å². The van der Waals surface area contributed by atoms with Crippen molar-refractivity contribution >= 4 is 11.0 Å². The molecule has 3 rings (SSSR count). The van der Waals surface area contributed by atoms with Gasteiger partial charge < -0.3 is 34.3 Å². The van der Waals surface area contributed by atoms with Crippen LogP contribution in [-0.4, -0.2) is 29.5 Å². The maximum absolute atomic E-state index is 12.4. The fourth-order valence-electron chi connectivity index (χ4n) is 2.49. The number of fused-ring (bicyclic) bond motifs is 1.